The van der Waals surface area contributed by atoms with Crippen molar-refractivity contribution in [3.63, 3.8) is 0 Å². The lowest BCUT2D eigenvalue weighted by Crippen LogP contribution is -2.53. The highest BCUT2D eigenvalue weighted by Crippen LogP contribution is 2.41. The van der Waals surface area contributed by atoms with E-state index in [2.05, 4.69) is 39.5 Å². The zero-order valence-electron chi connectivity index (χ0n) is 12.6. The molecule has 0 aliphatic carbocycles. The van der Waals surface area contributed by atoms with Gasteiger partial charge in [0.2, 0.25) is 0 Å². The Balaban J connectivity index is 2.08. The quantitative estimate of drug-likeness (QED) is 0.822. The molecule has 2 fully saturated rings. The normalized spacial score (nSPS) is 40.0. The van der Waals surface area contributed by atoms with E-state index in [1.807, 2.05) is 0 Å². The summed E-state index contributed by atoms with van der Waals surface area (Å²) in [5.41, 5.74) is -0.101. The van der Waals surface area contributed by atoms with Gasteiger partial charge < -0.3 is 9.84 Å². The van der Waals surface area contributed by atoms with Crippen LogP contribution in [0, 0.1) is 5.92 Å². The fourth-order valence-electron chi connectivity index (χ4n) is 3.83. The standard InChI is InChI=1S/C15H29NO2/c1-6-11-10-16(8-7-12(11)17)13-9-14(2,3)18-15(13,4)5/h11-13,17H,6-10H2,1-5H3. The van der Waals surface area contributed by atoms with Crippen LogP contribution in [-0.2, 0) is 4.74 Å². The van der Waals surface area contributed by atoms with E-state index >= 15 is 0 Å². The first-order valence-electron chi connectivity index (χ1n) is 7.37. The summed E-state index contributed by atoms with van der Waals surface area (Å²) in [6, 6.07) is 0.481. The zero-order chi connectivity index (χ0) is 13.6. The highest BCUT2D eigenvalue weighted by Gasteiger charge is 2.49. The third-order valence-electron chi connectivity index (χ3n) is 4.72. The summed E-state index contributed by atoms with van der Waals surface area (Å²) in [5, 5.41) is 10.0. The van der Waals surface area contributed by atoms with E-state index < -0.39 is 0 Å². The lowest BCUT2D eigenvalue weighted by Gasteiger charge is -2.42. The molecule has 0 spiro atoms. The van der Waals surface area contributed by atoms with E-state index in [-0.39, 0.29) is 17.3 Å². The Labute approximate surface area is 112 Å². The number of likely N-dealkylation sites (tertiary alicyclic amines) is 1. The van der Waals surface area contributed by atoms with Crippen molar-refractivity contribution in [3.05, 3.63) is 0 Å². The van der Waals surface area contributed by atoms with Crippen molar-refractivity contribution in [2.75, 3.05) is 13.1 Å². The maximum absolute atomic E-state index is 10.0. The fraction of sp³-hybridized carbons (Fsp3) is 1.00. The Morgan fingerprint density at radius 2 is 1.94 bits per heavy atom. The first kappa shape index (κ1) is 14.3. The van der Waals surface area contributed by atoms with Gasteiger partial charge in [-0.05, 0) is 52.9 Å². The number of rotatable bonds is 2. The van der Waals surface area contributed by atoms with Crippen molar-refractivity contribution in [2.24, 2.45) is 5.92 Å². The molecule has 3 heteroatoms. The summed E-state index contributed by atoms with van der Waals surface area (Å²) in [5.74, 6) is 0.429. The van der Waals surface area contributed by atoms with Gasteiger partial charge in [0.05, 0.1) is 17.3 Å². The van der Waals surface area contributed by atoms with Crippen molar-refractivity contribution in [3.8, 4) is 0 Å². The first-order valence-corrected chi connectivity index (χ1v) is 7.37. The minimum atomic E-state index is -0.107. The van der Waals surface area contributed by atoms with Crippen LogP contribution >= 0.6 is 0 Å². The van der Waals surface area contributed by atoms with Crippen LogP contribution in [0.3, 0.4) is 0 Å². The number of hydrogen-bond donors (Lipinski definition) is 1. The Morgan fingerprint density at radius 1 is 1.28 bits per heavy atom. The molecule has 1 N–H and O–H groups in total. The van der Waals surface area contributed by atoms with Gasteiger partial charge in [0.15, 0.2) is 0 Å². The summed E-state index contributed by atoms with van der Waals surface area (Å²) in [6.07, 6.45) is 2.96. The zero-order valence-corrected chi connectivity index (χ0v) is 12.6. The van der Waals surface area contributed by atoms with Crippen LogP contribution in [0.15, 0.2) is 0 Å². The van der Waals surface area contributed by atoms with Gasteiger partial charge in [-0.2, -0.15) is 0 Å². The molecule has 0 bridgehead atoms. The molecule has 2 aliphatic heterocycles. The molecule has 0 saturated carbocycles. The highest BCUT2D eigenvalue weighted by atomic mass is 16.5. The number of ether oxygens (including phenoxy) is 1. The van der Waals surface area contributed by atoms with Crippen LogP contribution in [0.5, 0.6) is 0 Å². The van der Waals surface area contributed by atoms with Crippen molar-refractivity contribution in [1.29, 1.82) is 0 Å². The van der Waals surface area contributed by atoms with Crippen LogP contribution in [-0.4, -0.2) is 46.4 Å². The molecule has 0 amide bonds. The highest BCUT2D eigenvalue weighted by molar-refractivity contribution is 5.01. The molecule has 2 saturated heterocycles. The molecule has 3 atom stereocenters. The Kier molecular flexibility index (Phi) is 3.79. The minimum absolute atomic E-state index is 0.0219. The smallest absolute Gasteiger partial charge is 0.0789 e. The van der Waals surface area contributed by atoms with E-state index in [9.17, 15) is 5.11 Å². The maximum Gasteiger partial charge on any atom is 0.0789 e. The van der Waals surface area contributed by atoms with Crippen LogP contribution in [0.4, 0.5) is 0 Å². The molecule has 2 heterocycles. The van der Waals surface area contributed by atoms with Gasteiger partial charge in [-0.1, -0.05) is 6.92 Å². The van der Waals surface area contributed by atoms with E-state index in [1.54, 1.807) is 0 Å². The third-order valence-corrected chi connectivity index (χ3v) is 4.72. The Morgan fingerprint density at radius 3 is 2.44 bits per heavy atom. The second-order valence-corrected chi connectivity index (χ2v) is 7.20. The molecule has 18 heavy (non-hydrogen) atoms. The van der Waals surface area contributed by atoms with Crippen molar-refractivity contribution >= 4 is 0 Å². The predicted molar refractivity (Wildman–Crippen MR) is 73.6 cm³/mol. The third kappa shape index (κ3) is 2.73. The van der Waals surface area contributed by atoms with E-state index in [0.29, 0.717) is 12.0 Å². The van der Waals surface area contributed by atoms with Crippen molar-refractivity contribution in [2.45, 2.75) is 77.2 Å². The summed E-state index contributed by atoms with van der Waals surface area (Å²) < 4.78 is 6.19. The average molecular weight is 255 g/mol. The van der Waals surface area contributed by atoms with Gasteiger partial charge in [-0.25, -0.2) is 0 Å². The topological polar surface area (TPSA) is 32.7 Å². The van der Waals surface area contributed by atoms with Gasteiger partial charge >= 0.3 is 0 Å². The van der Waals surface area contributed by atoms with Crippen LogP contribution in [0.2, 0.25) is 0 Å². The largest absolute Gasteiger partial charge is 0.393 e. The van der Waals surface area contributed by atoms with Gasteiger partial charge in [0, 0.05) is 19.1 Å². The summed E-state index contributed by atoms with van der Waals surface area (Å²) in [4.78, 5) is 2.55. The van der Waals surface area contributed by atoms with E-state index in [4.69, 9.17) is 4.74 Å². The number of aliphatic hydroxyl groups is 1. The monoisotopic (exact) mass is 255 g/mol. The maximum atomic E-state index is 10.0. The number of aliphatic hydroxyl groups excluding tert-OH is 1. The second kappa shape index (κ2) is 4.77. The van der Waals surface area contributed by atoms with Crippen molar-refractivity contribution in [1.82, 2.24) is 4.90 Å². The first-order chi connectivity index (χ1) is 8.25. The molecular weight excluding hydrogens is 226 g/mol. The lowest BCUT2D eigenvalue weighted by atomic mass is 9.87. The van der Waals surface area contributed by atoms with Crippen LogP contribution in [0.1, 0.15) is 53.9 Å². The number of nitrogens with zero attached hydrogens (tertiary/aromatic N) is 1. The van der Waals surface area contributed by atoms with Gasteiger partial charge in [-0.15, -0.1) is 0 Å². The lowest BCUT2D eigenvalue weighted by molar-refractivity contribution is -0.0887. The molecule has 2 rings (SSSR count). The SMILES string of the molecule is CCC1CN(C2CC(C)(C)OC2(C)C)CCC1O. The van der Waals surface area contributed by atoms with Crippen molar-refractivity contribution < 1.29 is 9.84 Å². The Bertz CT molecular complexity index is 301. The molecule has 0 aromatic carbocycles. The van der Waals surface area contributed by atoms with Gasteiger partial charge in [-0.3, -0.25) is 4.90 Å². The fourth-order valence-corrected chi connectivity index (χ4v) is 3.83. The average Bonchev–Trinajstić information content (AvgIpc) is 2.47. The van der Waals surface area contributed by atoms with Gasteiger partial charge in [0.1, 0.15) is 0 Å². The second-order valence-electron chi connectivity index (χ2n) is 7.20. The van der Waals surface area contributed by atoms with Gasteiger partial charge in [0.25, 0.3) is 0 Å². The van der Waals surface area contributed by atoms with E-state index in [1.165, 1.54) is 0 Å². The molecule has 0 aromatic rings. The number of hydrogen-bond acceptors (Lipinski definition) is 3. The number of piperidine rings is 1. The molecule has 106 valence electrons. The minimum Gasteiger partial charge on any atom is -0.393 e. The Hall–Kier alpha value is -0.120. The predicted octanol–water partition coefficient (Wildman–Crippen LogP) is 2.43. The molecule has 2 aliphatic rings. The van der Waals surface area contributed by atoms with E-state index in [0.717, 1.165) is 32.4 Å². The summed E-state index contributed by atoms with van der Waals surface area (Å²) in [6.45, 7) is 13.0. The summed E-state index contributed by atoms with van der Waals surface area (Å²) >= 11 is 0. The molecule has 3 nitrogen and oxygen atoms in total. The van der Waals surface area contributed by atoms with Crippen LogP contribution in [0.25, 0.3) is 0 Å². The van der Waals surface area contributed by atoms with Crippen LogP contribution < -0.4 is 0 Å². The molecule has 0 aromatic heterocycles. The summed E-state index contributed by atoms with van der Waals surface area (Å²) in [7, 11) is 0. The molecule has 0 radical (unpaired) electrons. The molecular formula is C15H29NO2. The molecule has 3 unspecified atom stereocenters.